The van der Waals surface area contributed by atoms with Crippen molar-refractivity contribution in [3.63, 3.8) is 0 Å². The Morgan fingerprint density at radius 1 is 1.73 bits per heavy atom. The average Bonchev–Trinajstić information content (AvgIpc) is 2.06. The molecule has 0 saturated carbocycles. The molecule has 57 valence electrons. The van der Waals surface area contributed by atoms with E-state index >= 15 is 0 Å². The predicted octanol–water partition coefficient (Wildman–Crippen LogP) is 0.754. The van der Waals surface area contributed by atoms with Gasteiger partial charge in [-0.3, -0.25) is 0 Å². The summed E-state index contributed by atoms with van der Waals surface area (Å²) < 4.78 is 0. The Kier molecular flexibility index (Phi) is 2.63. The minimum atomic E-state index is 0.487. The molecule has 11 heavy (non-hydrogen) atoms. The molecule has 1 aromatic rings. The zero-order valence-electron chi connectivity index (χ0n) is 5.99. The standard InChI is InChI=1S/C8H9N2O/c9-5-7-2-1-3-8(4-7)6-10-11/h1-2,4,6,11H,5,9H2. The number of hydrogen-bond acceptors (Lipinski definition) is 3. The second-order valence-electron chi connectivity index (χ2n) is 2.10. The van der Waals surface area contributed by atoms with Crippen LogP contribution in [0.4, 0.5) is 0 Å². The Labute approximate surface area is 65.1 Å². The number of oxime groups is 1. The van der Waals surface area contributed by atoms with E-state index in [2.05, 4.69) is 11.2 Å². The Morgan fingerprint density at radius 3 is 3.18 bits per heavy atom. The molecule has 1 aromatic carbocycles. The van der Waals surface area contributed by atoms with Crippen molar-refractivity contribution in [1.29, 1.82) is 0 Å². The third kappa shape index (κ3) is 2.05. The lowest BCUT2D eigenvalue weighted by Gasteiger charge is -1.95. The van der Waals surface area contributed by atoms with Gasteiger partial charge < -0.3 is 10.9 Å². The van der Waals surface area contributed by atoms with Gasteiger partial charge in [-0.1, -0.05) is 17.3 Å². The van der Waals surface area contributed by atoms with E-state index in [9.17, 15) is 0 Å². The highest BCUT2D eigenvalue weighted by atomic mass is 16.4. The zero-order valence-corrected chi connectivity index (χ0v) is 5.99. The third-order valence-corrected chi connectivity index (χ3v) is 1.32. The van der Waals surface area contributed by atoms with Gasteiger partial charge in [0, 0.05) is 12.1 Å². The van der Waals surface area contributed by atoms with Crippen LogP contribution in [0.3, 0.4) is 0 Å². The highest BCUT2D eigenvalue weighted by Gasteiger charge is 1.90. The fourth-order valence-electron chi connectivity index (χ4n) is 0.798. The van der Waals surface area contributed by atoms with Crippen molar-refractivity contribution in [2.45, 2.75) is 6.54 Å². The minimum Gasteiger partial charge on any atom is -0.411 e. The highest BCUT2D eigenvalue weighted by Crippen LogP contribution is 2.00. The SMILES string of the molecule is NCc1cc[c]c(C=NO)c1. The van der Waals surface area contributed by atoms with Gasteiger partial charge in [0.05, 0.1) is 6.21 Å². The summed E-state index contributed by atoms with van der Waals surface area (Å²) in [4.78, 5) is 0. The van der Waals surface area contributed by atoms with Crippen LogP contribution >= 0.6 is 0 Å². The molecule has 0 heterocycles. The normalized spacial score (nSPS) is 10.6. The van der Waals surface area contributed by atoms with Crippen LogP contribution in [0.1, 0.15) is 11.1 Å². The Hall–Kier alpha value is -1.35. The van der Waals surface area contributed by atoms with E-state index in [-0.39, 0.29) is 0 Å². The minimum absolute atomic E-state index is 0.487. The molecular weight excluding hydrogens is 140 g/mol. The van der Waals surface area contributed by atoms with Crippen molar-refractivity contribution < 1.29 is 5.21 Å². The highest BCUT2D eigenvalue weighted by molar-refractivity contribution is 5.78. The fourth-order valence-corrected chi connectivity index (χ4v) is 0.798. The first-order chi connectivity index (χ1) is 5.36. The molecule has 0 bridgehead atoms. The summed E-state index contributed by atoms with van der Waals surface area (Å²) in [5.74, 6) is 0. The second-order valence-corrected chi connectivity index (χ2v) is 2.10. The fraction of sp³-hybridized carbons (Fsp3) is 0.125. The quantitative estimate of drug-likeness (QED) is 0.370. The molecule has 3 N–H and O–H groups in total. The van der Waals surface area contributed by atoms with Gasteiger partial charge in [-0.25, -0.2) is 0 Å². The molecule has 0 fully saturated rings. The lowest BCUT2D eigenvalue weighted by Crippen LogP contribution is -1.96. The van der Waals surface area contributed by atoms with Crippen molar-refractivity contribution in [3.8, 4) is 0 Å². The zero-order chi connectivity index (χ0) is 8.10. The van der Waals surface area contributed by atoms with E-state index in [1.54, 1.807) is 6.07 Å². The smallest absolute Gasteiger partial charge is 0.0740 e. The number of hydrogen-bond donors (Lipinski definition) is 2. The van der Waals surface area contributed by atoms with Gasteiger partial charge in [-0.05, 0) is 17.7 Å². The Bertz CT molecular complexity index is 258. The molecule has 0 aromatic heterocycles. The van der Waals surface area contributed by atoms with Crippen LogP contribution in [0, 0.1) is 6.07 Å². The number of benzene rings is 1. The maximum Gasteiger partial charge on any atom is 0.0740 e. The molecule has 3 nitrogen and oxygen atoms in total. The first kappa shape index (κ1) is 7.75. The van der Waals surface area contributed by atoms with Crippen molar-refractivity contribution in [1.82, 2.24) is 0 Å². The largest absolute Gasteiger partial charge is 0.411 e. The monoisotopic (exact) mass is 149 g/mol. The van der Waals surface area contributed by atoms with E-state index in [0.717, 1.165) is 11.1 Å². The summed E-state index contributed by atoms with van der Waals surface area (Å²) in [5.41, 5.74) is 7.12. The lowest BCUT2D eigenvalue weighted by atomic mass is 10.1. The maximum absolute atomic E-state index is 8.20. The van der Waals surface area contributed by atoms with Crippen LogP contribution in [0.25, 0.3) is 0 Å². The van der Waals surface area contributed by atoms with Crippen LogP contribution in [-0.4, -0.2) is 11.4 Å². The van der Waals surface area contributed by atoms with E-state index in [0.29, 0.717) is 6.54 Å². The Morgan fingerprint density at radius 2 is 2.55 bits per heavy atom. The van der Waals surface area contributed by atoms with E-state index in [1.165, 1.54) is 6.21 Å². The molecule has 0 unspecified atom stereocenters. The van der Waals surface area contributed by atoms with Gasteiger partial charge in [0.25, 0.3) is 0 Å². The molecule has 3 heteroatoms. The van der Waals surface area contributed by atoms with E-state index in [1.807, 2.05) is 12.1 Å². The van der Waals surface area contributed by atoms with Crippen LogP contribution in [0.15, 0.2) is 23.4 Å². The molecule has 0 aliphatic rings. The maximum atomic E-state index is 8.20. The average molecular weight is 149 g/mol. The summed E-state index contributed by atoms with van der Waals surface area (Å²) in [6.07, 6.45) is 1.32. The van der Waals surface area contributed by atoms with Crippen LogP contribution < -0.4 is 5.73 Å². The number of nitrogens with zero attached hydrogens (tertiary/aromatic N) is 1. The molecule has 0 amide bonds. The first-order valence-electron chi connectivity index (χ1n) is 3.25. The summed E-state index contributed by atoms with van der Waals surface area (Å²) in [6.45, 7) is 0.487. The van der Waals surface area contributed by atoms with Crippen molar-refractivity contribution in [3.05, 3.63) is 35.4 Å². The number of nitrogens with two attached hydrogens (primary N) is 1. The van der Waals surface area contributed by atoms with Gasteiger partial charge in [0.2, 0.25) is 0 Å². The number of rotatable bonds is 2. The molecule has 0 spiro atoms. The van der Waals surface area contributed by atoms with Crippen LogP contribution in [0.2, 0.25) is 0 Å². The van der Waals surface area contributed by atoms with Gasteiger partial charge in [-0.15, -0.1) is 0 Å². The molecular formula is C8H9N2O. The Balaban J connectivity index is 2.91. The van der Waals surface area contributed by atoms with Crippen molar-refractivity contribution >= 4 is 6.21 Å². The summed E-state index contributed by atoms with van der Waals surface area (Å²) in [7, 11) is 0. The van der Waals surface area contributed by atoms with E-state index < -0.39 is 0 Å². The first-order valence-corrected chi connectivity index (χ1v) is 3.25. The van der Waals surface area contributed by atoms with Crippen LogP contribution in [-0.2, 0) is 6.54 Å². The van der Waals surface area contributed by atoms with Gasteiger partial charge in [0.15, 0.2) is 0 Å². The third-order valence-electron chi connectivity index (χ3n) is 1.32. The molecule has 0 saturated heterocycles. The van der Waals surface area contributed by atoms with Crippen molar-refractivity contribution in [2.24, 2.45) is 10.9 Å². The second kappa shape index (κ2) is 3.73. The van der Waals surface area contributed by atoms with Gasteiger partial charge in [0.1, 0.15) is 0 Å². The molecule has 0 atom stereocenters. The predicted molar refractivity (Wildman–Crippen MR) is 42.5 cm³/mol. The molecule has 0 aliphatic carbocycles. The van der Waals surface area contributed by atoms with E-state index in [4.69, 9.17) is 10.9 Å². The van der Waals surface area contributed by atoms with Gasteiger partial charge >= 0.3 is 0 Å². The van der Waals surface area contributed by atoms with Crippen molar-refractivity contribution in [2.75, 3.05) is 0 Å². The van der Waals surface area contributed by atoms with Gasteiger partial charge in [-0.2, -0.15) is 0 Å². The lowest BCUT2D eigenvalue weighted by molar-refractivity contribution is 0.322. The summed E-state index contributed by atoms with van der Waals surface area (Å²) >= 11 is 0. The summed E-state index contributed by atoms with van der Waals surface area (Å²) in [6, 6.07) is 8.32. The summed E-state index contributed by atoms with van der Waals surface area (Å²) in [5, 5.41) is 11.1. The topological polar surface area (TPSA) is 58.6 Å². The molecule has 0 aliphatic heterocycles. The van der Waals surface area contributed by atoms with Crippen LogP contribution in [0.5, 0.6) is 0 Å². The molecule has 1 rings (SSSR count). The molecule has 1 radical (unpaired) electrons.